The zero-order chi connectivity index (χ0) is 10.5. The van der Waals surface area contributed by atoms with Gasteiger partial charge in [-0.05, 0) is 38.6 Å². The zero-order valence-corrected chi connectivity index (χ0v) is 9.04. The maximum Gasteiger partial charge on any atom is 0.323 e. The SMILES string of the molecule is O=C(OCC1CCCCO1)C1CCCN1. The summed E-state index contributed by atoms with van der Waals surface area (Å²) in [6.45, 7) is 2.17. The molecule has 0 amide bonds. The number of rotatable bonds is 3. The van der Waals surface area contributed by atoms with Crippen LogP contribution in [0.15, 0.2) is 0 Å². The van der Waals surface area contributed by atoms with E-state index in [0.29, 0.717) is 6.61 Å². The van der Waals surface area contributed by atoms with Crippen molar-refractivity contribution < 1.29 is 14.3 Å². The van der Waals surface area contributed by atoms with Gasteiger partial charge in [-0.1, -0.05) is 0 Å². The van der Waals surface area contributed by atoms with Gasteiger partial charge in [0, 0.05) is 6.61 Å². The highest BCUT2D eigenvalue weighted by Gasteiger charge is 2.24. The third kappa shape index (κ3) is 3.18. The Kier molecular flexibility index (Phi) is 3.97. The molecule has 1 N–H and O–H groups in total. The van der Waals surface area contributed by atoms with Crippen LogP contribution in [0.3, 0.4) is 0 Å². The lowest BCUT2D eigenvalue weighted by molar-refractivity contribution is -0.151. The zero-order valence-electron chi connectivity index (χ0n) is 9.04. The van der Waals surface area contributed by atoms with Crippen LogP contribution in [0.4, 0.5) is 0 Å². The van der Waals surface area contributed by atoms with E-state index in [4.69, 9.17) is 9.47 Å². The number of esters is 1. The van der Waals surface area contributed by atoms with Gasteiger partial charge in [0.2, 0.25) is 0 Å². The average molecular weight is 213 g/mol. The molecule has 0 spiro atoms. The van der Waals surface area contributed by atoms with E-state index < -0.39 is 0 Å². The van der Waals surface area contributed by atoms with Crippen molar-refractivity contribution in [1.82, 2.24) is 5.32 Å². The first kappa shape index (κ1) is 10.9. The molecule has 0 radical (unpaired) electrons. The minimum absolute atomic E-state index is 0.0754. The van der Waals surface area contributed by atoms with Gasteiger partial charge in [-0.15, -0.1) is 0 Å². The monoisotopic (exact) mass is 213 g/mol. The van der Waals surface area contributed by atoms with Crippen molar-refractivity contribution in [3.63, 3.8) is 0 Å². The minimum Gasteiger partial charge on any atom is -0.462 e. The van der Waals surface area contributed by atoms with E-state index in [2.05, 4.69) is 5.32 Å². The highest BCUT2D eigenvalue weighted by molar-refractivity contribution is 5.76. The summed E-state index contributed by atoms with van der Waals surface area (Å²) in [6.07, 6.45) is 5.44. The second kappa shape index (κ2) is 5.47. The summed E-state index contributed by atoms with van der Waals surface area (Å²) in [5.41, 5.74) is 0. The first-order chi connectivity index (χ1) is 7.36. The topological polar surface area (TPSA) is 47.6 Å². The molecule has 2 heterocycles. The van der Waals surface area contributed by atoms with E-state index in [1.165, 1.54) is 6.42 Å². The molecule has 2 aliphatic rings. The van der Waals surface area contributed by atoms with Crippen molar-refractivity contribution in [3.8, 4) is 0 Å². The third-order valence-corrected chi connectivity index (χ3v) is 3.03. The minimum atomic E-state index is -0.110. The lowest BCUT2D eigenvalue weighted by Crippen LogP contribution is -2.35. The second-order valence-corrected chi connectivity index (χ2v) is 4.27. The Morgan fingerprint density at radius 3 is 2.93 bits per heavy atom. The normalized spacial score (nSPS) is 31.5. The molecule has 0 bridgehead atoms. The number of nitrogens with one attached hydrogen (secondary N) is 1. The van der Waals surface area contributed by atoms with Crippen molar-refractivity contribution >= 4 is 5.97 Å². The Hall–Kier alpha value is -0.610. The summed E-state index contributed by atoms with van der Waals surface area (Å²) >= 11 is 0. The molecule has 0 aromatic carbocycles. The van der Waals surface area contributed by atoms with Crippen molar-refractivity contribution in [1.29, 1.82) is 0 Å². The first-order valence-electron chi connectivity index (χ1n) is 5.88. The standard InChI is InChI=1S/C11H19NO3/c13-11(10-5-3-6-12-10)15-8-9-4-1-2-7-14-9/h9-10,12H,1-8H2. The summed E-state index contributed by atoms with van der Waals surface area (Å²) < 4.78 is 10.7. The van der Waals surface area contributed by atoms with Gasteiger partial charge < -0.3 is 14.8 Å². The largest absolute Gasteiger partial charge is 0.462 e. The van der Waals surface area contributed by atoms with Crippen LogP contribution in [-0.2, 0) is 14.3 Å². The Morgan fingerprint density at radius 2 is 2.27 bits per heavy atom. The van der Waals surface area contributed by atoms with Crippen LogP contribution >= 0.6 is 0 Å². The smallest absolute Gasteiger partial charge is 0.323 e. The highest BCUT2D eigenvalue weighted by Crippen LogP contribution is 2.14. The molecule has 2 unspecified atom stereocenters. The van der Waals surface area contributed by atoms with Gasteiger partial charge in [0.25, 0.3) is 0 Å². The fourth-order valence-electron chi connectivity index (χ4n) is 2.10. The molecule has 0 aromatic heterocycles. The summed E-state index contributed by atoms with van der Waals surface area (Å²) in [5.74, 6) is -0.110. The van der Waals surface area contributed by atoms with Crippen LogP contribution in [-0.4, -0.2) is 37.9 Å². The number of carbonyl (C=O) groups is 1. The number of carbonyl (C=O) groups excluding carboxylic acids is 1. The molecule has 0 aromatic rings. The Labute approximate surface area is 90.3 Å². The van der Waals surface area contributed by atoms with Gasteiger partial charge in [0.1, 0.15) is 12.6 Å². The molecule has 2 rings (SSSR count). The Bertz CT molecular complexity index is 208. The van der Waals surface area contributed by atoms with Crippen LogP contribution < -0.4 is 5.32 Å². The molecule has 86 valence electrons. The van der Waals surface area contributed by atoms with Crippen LogP contribution in [0.2, 0.25) is 0 Å². The summed E-state index contributed by atoms with van der Waals surface area (Å²) in [6, 6.07) is -0.0754. The molecule has 4 heteroatoms. The van der Waals surface area contributed by atoms with Crippen LogP contribution in [0.25, 0.3) is 0 Å². The molecular formula is C11H19NO3. The van der Waals surface area contributed by atoms with Crippen molar-refractivity contribution in [2.45, 2.75) is 44.2 Å². The van der Waals surface area contributed by atoms with E-state index in [9.17, 15) is 4.79 Å². The summed E-state index contributed by atoms with van der Waals surface area (Å²) in [7, 11) is 0. The predicted molar refractivity (Wildman–Crippen MR) is 55.6 cm³/mol. The molecule has 0 aliphatic carbocycles. The Balaban J connectivity index is 1.65. The van der Waals surface area contributed by atoms with E-state index in [1.54, 1.807) is 0 Å². The molecule has 2 saturated heterocycles. The van der Waals surface area contributed by atoms with Gasteiger partial charge in [0.05, 0.1) is 6.10 Å². The van der Waals surface area contributed by atoms with E-state index in [0.717, 1.165) is 38.8 Å². The Morgan fingerprint density at radius 1 is 1.33 bits per heavy atom. The number of ether oxygens (including phenoxy) is 2. The fourth-order valence-corrected chi connectivity index (χ4v) is 2.10. The lowest BCUT2D eigenvalue weighted by atomic mass is 10.1. The molecule has 4 nitrogen and oxygen atoms in total. The molecule has 0 saturated carbocycles. The highest BCUT2D eigenvalue weighted by atomic mass is 16.6. The van der Waals surface area contributed by atoms with E-state index in [-0.39, 0.29) is 18.1 Å². The molecular weight excluding hydrogens is 194 g/mol. The fraction of sp³-hybridized carbons (Fsp3) is 0.909. The van der Waals surface area contributed by atoms with Crippen LogP contribution in [0.5, 0.6) is 0 Å². The van der Waals surface area contributed by atoms with E-state index >= 15 is 0 Å². The van der Waals surface area contributed by atoms with Gasteiger partial charge in [-0.2, -0.15) is 0 Å². The van der Waals surface area contributed by atoms with Crippen LogP contribution in [0.1, 0.15) is 32.1 Å². The molecule has 15 heavy (non-hydrogen) atoms. The third-order valence-electron chi connectivity index (χ3n) is 3.03. The number of hydrogen-bond donors (Lipinski definition) is 1. The maximum absolute atomic E-state index is 11.5. The molecule has 2 fully saturated rings. The average Bonchev–Trinajstić information content (AvgIpc) is 2.81. The van der Waals surface area contributed by atoms with Crippen LogP contribution in [0, 0.1) is 0 Å². The molecule has 2 aliphatic heterocycles. The van der Waals surface area contributed by atoms with Gasteiger partial charge in [-0.3, -0.25) is 4.79 Å². The summed E-state index contributed by atoms with van der Waals surface area (Å²) in [5, 5.41) is 3.13. The number of hydrogen-bond acceptors (Lipinski definition) is 4. The predicted octanol–water partition coefficient (Wildman–Crippen LogP) is 0.851. The van der Waals surface area contributed by atoms with Gasteiger partial charge in [-0.25, -0.2) is 0 Å². The maximum atomic E-state index is 11.5. The van der Waals surface area contributed by atoms with Gasteiger partial charge in [0.15, 0.2) is 0 Å². The van der Waals surface area contributed by atoms with Crippen molar-refractivity contribution in [2.24, 2.45) is 0 Å². The second-order valence-electron chi connectivity index (χ2n) is 4.27. The molecule has 2 atom stereocenters. The van der Waals surface area contributed by atoms with Gasteiger partial charge >= 0.3 is 5.97 Å². The van der Waals surface area contributed by atoms with Crippen molar-refractivity contribution in [2.75, 3.05) is 19.8 Å². The van der Waals surface area contributed by atoms with E-state index in [1.807, 2.05) is 0 Å². The lowest BCUT2D eigenvalue weighted by Gasteiger charge is -2.22. The first-order valence-corrected chi connectivity index (χ1v) is 5.88. The quantitative estimate of drug-likeness (QED) is 0.706. The summed E-state index contributed by atoms with van der Waals surface area (Å²) in [4.78, 5) is 11.5. The van der Waals surface area contributed by atoms with Crippen molar-refractivity contribution in [3.05, 3.63) is 0 Å².